The van der Waals surface area contributed by atoms with Crippen LogP contribution in [0.3, 0.4) is 0 Å². The van der Waals surface area contributed by atoms with E-state index in [0.717, 1.165) is 40.2 Å². The fourth-order valence-electron chi connectivity index (χ4n) is 4.85. The maximum atomic E-state index is 12.9. The number of imidazole rings is 1. The van der Waals surface area contributed by atoms with Crippen LogP contribution in [0.15, 0.2) is 54.6 Å². The Hall–Kier alpha value is -4.59. The van der Waals surface area contributed by atoms with Crippen LogP contribution in [0.5, 0.6) is 0 Å². The smallest absolute Gasteiger partial charge is 0.338 e. The van der Waals surface area contributed by atoms with Crippen molar-refractivity contribution in [1.29, 1.82) is 0 Å². The van der Waals surface area contributed by atoms with Gasteiger partial charge >= 0.3 is 11.9 Å². The molecule has 0 atom stereocenters. The van der Waals surface area contributed by atoms with Gasteiger partial charge in [0.15, 0.2) is 5.65 Å². The van der Waals surface area contributed by atoms with Crippen molar-refractivity contribution in [1.82, 2.24) is 19.5 Å². The Morgan fingerprint density at radius 3 is 2.34 bits per heavy atom. The van der Waals surface area contributed by atoms with Gasteiger partial charge < -0.3 is 14.0 Å². The molecule has 192 valence electrons. The third-order valence-corrected chi connectivity index (χ3v) is 6.64. The summed E-state index contributed by atoms with van der Waals surface area (Å²) in [6.07, 6.45) is 0.764. The predicted molar refractivity (Wildman–Crippen MR) is 145 cm³/mol. The molecule has 0 aliphatic heterocycles. The van der Waals surface area contributed by atoms with E-state index in [1.54, 1.807) is 24.3 Å². The number of nitrogens with zero attached hydrogens (tertiary/aromatic N) is 4. The minimum absolute atomic E-state index is 0.366. The molecule has 3 heterocycles. The molecule has 0 aliphatic rings. The second kappa shape index (κ2) is 10.0. The quantitative estimate of drug-likeness (QED) is 0.282. The molecule has 0 saturated carbocycles. The molecule has 8 heteroatoms. The van der Waals surface area contributed by atoms with E-state index in [0.29, 0.717) is 39.8 Å². The van der Waals surface area contributed by atoms with Crippen LogP contribution in [0.25, 0.3) is 33.3 Å². The first kappa shape index (κ1) is 25.1. The number of aromatic nitrogens is 4. The van der Waals surface area contributed by atoms with Crippen LogP contribution >= 0.6 is 0 Å². The summed E-state index contributed by atoms with van der Waals surface area (Å²) in [7, 11) is 2.68. The summed E-state index contributed by atoms with van der Waals surface area (Å²) >= 11 is 0. The minimum Gasteiger partial charge on any atom is -0.465 e. The van der Waals surface area contributed by atoms with Crippen molar-refractivity contribution >= 4 is 34.0 Å². The Morgan fingerprint density at radius 2 is 1.61 bits per heavy atom. The highest BCUT2D eigenvalue weighted by Gasteiger charge is 2.20. The zero-order valence-corrected chi connectivity index (χ0v) is 22.0. The number of esters is 2. The molecule has 0 fully saturated rings. The lowest BCUT2D eigenvalue weighted by molar-refractivity contribution is 0.0594. The summed E-state index contributed by atoms with van der Waals surface area (Å²) in [5.41, 5.74) is 7.16. The number of ether oxygens (including phenoxy) is 2. The lowest BCUT2D eigenvalue weighted by Gasteiger charge is -2.13. The van der Waals surface area contributed by atoms with Gasteiger partial charge in [-0.05, 0) is 55.3 Å². The summed E-state index contributed by atoms with van der Waals surface area (Å²) < 4.78 is 12.2. The van der Waals surface area contributed by atoms with Gasteiger partial charge in [-0.3, -0.25) is 0 Å². The number of fused-ring (bicyclic) bond motifs is 2. The average Bonchev–Trinajstić information content (AvgIpc) is 3.28. The molecular formula is C30H28N4O4. The Balaban J connectivity index is 1.65. The molecule has 0 bridgehead atoms. The minimum atomic E-state index is -0.485. The van der Waals surface area contributed by atoms with Crippen LogP contribution in [0.2, 0.25) is 0 Å². The van der Waals surface area contributed by atoms with Gasteiger partial charge in [-0.25, -0.2) is 24.5 Å². The Bertz CT molecular complexity index is 1720. The number of pyridine rings is 2. The van der Waals surface area contributed by atoms with Crippen molar-refractivity contribution in [3.63, 3.8) is 0 Å². The second-order valence-electron chi connectivity index (χ2n) is 9.16. The Morgan fingerprint density at radius 1 is 0.868 bits per heavy atom. The van der Waals surface area contributed by atoms with Gasteiger partial charge in [0.1, 0.15) is 11.3 Å². The fourth-order valence-corrected chi connectivity index (χ4v) is 4.85. The van der Waals surface area contributed by atoms with Crippen LogP contribution < -0.4 is 0 Å². The van der Waals surface area contributed by atoms with E-state index in [-0.39, 0.29) is 0 Å². The van der Waals surface area contributed by atoms with E-state index in [1.807, 2.05) is 44.2 Å². The van der Waals surface area contributed by atoms with Crippen LogP contribution in [-0.4, -0.2) is 45.7 Å². The third-order valence-electron chi connectivity index (χ3n) is 6.64. The lowest BCUT2D eigenvalue weighted by atomic mass is 9.99. The highest BCUT2D eigenvalue weighted by Crippen LogP contribution is 2.30. The highest BCUT2D eigenvalue weighted by atomic mass is 16.5. The van der Waals surface area contributed by atoms with E-state index < -0.39 is 11.9 Å². The van der Waals surface area contributed by atoms with Crippen molar-refractivity contribution in [3.05, 3.63) is 88.4 Å². The topological polar surface area (TPSA) is 96.2 Å². The largest absolute Gasteiger partial charge is 0.465 e. The van der Waals surface area contributed by atoms with Gasteiger partial charge in [-0.2, -0.15) is 0 Å². The summed E-state index contributed by atoms with van der Waals surface area (Å²) in [4.78, 5) is 39.7. The van der Waals surface area contributed by atoms with Crippen LogP contribution in [0.1, 0.15) is 50.3 Å². The van der Waals surface area contributed by atoms with Crippen molar-refractivity contribution in [2.75, 3.05) is 14.2 Å². The molecule has 2 aromatic carbocycles. The zero-order valence-electron chi connectivity index (χ0n) is 22.0. The van der Waals surface area contributed by atoms with Crippen molar-refractivity contribution in [2.24, 2.45) is 0 Å². The van der Waals surface area contributed by atoms with Gasteiger partial charge in [0, 0.05) is 23.1 Å². The maximum absolute atomic E-state index is 12.9. The maximum Gasteiger partial charge on any atom is 0.338 e. The molecule has 5 aromatic rings. The number of carbonyl (C=O) groups excluding carboxylic acids is 2. The monoisotopic (exact) mass is 508 g/mol. The number of methoxy groups -OCH3 is 2. The SMILES string of the molecule is CCc1nc2c(C)cc(C)nc2n1Cc1ccc2nc(-c3ccccc3C(=O)OC)cc(C(=O)OC)c2c1. The lowest BCUT2D eigenvalue weighted by Crippen LogP contribution is -2.08. The first-order valence-electron chi connectivity index (χ1n) is 12.4. The van der Waals surface area contributed by atoms with Crippen LogP contribution in [-0.2, 0) is 22.4 Å². The fraction of sp³-hybridized carbons (Fsp3) is 0.233. The number of benzene rings is 2. The number of aryl methyl sites for hydroxylation is 3. The average molecular weight is 509 g/mol. The number of hydrogen-bond donors (Lipinski definition) is 0. The van der Waals surface area contributed by atoms with Gasteiger partial charge in [-0.15, -0.1) is 0 Å². The van der Waals surface area contributed by atoms with E-state index >= 15 is 0 Å². The van der Waals surface area contributed by atoms with E-state index in [2.05, 4.69) is 11.5 Å². The summed E-state index contributed by atoms with van der Waals surface area (Å²) in [5.74, 6) is -0.0141. The molecule has 0 N–H and O–H groups in total. The third kappa shape index (κ3) is 4.38. The summed E-state index contributed by atoms with van der Waals surface area (Å²) in [6.45, 7) is 6.65. The number of carbonyl (C=O) groups is 2. The van der Waals surface area contributed by atoms with Crippen LogP contribution in [0.4, 0.5) is 0 Å². The molecule has 38 heavy (non-hydrogen) atoms. The Labute approximate surface area is 220 Å². The normalized spacial score (nSPS) is 11.2. The van der Waals surface area contributed by atoms with Crippen molar-refractivity contribution < 1.29 is 19.1 Å². The Kier molecular flexibility index (Phi) is 6.63. The molecule has 8 nitrogen and oxygen atoms in total. The number of hydrogen-bond acceptors (Lipinski definition) is 7. The molecule has 0 radical (unpaired) electrons. The standard InChI is InChI=1S/C30H28N4O4/c1-6-26-33-27-17(2)13-18(3)31-28(27)34(26)16-19-11-12-24-22(14-19)23(30(36)38-5)15-25(32-24)20-9-7-8-10-21(20)29(35)37-4/h7-15H,6,16H2,1-5H3. The first-order valence-corrected chi connectivity index (χ1v) is 12.4. The molecule has 0 spiro atoms. The van der Waals surface area contributed by atoms with E-state index in [1.165, 1.54) is 14.2 Å². The van der Waals surface area contributed by atoms with Crippen molar-refractivity contribution in [2.45, 2.75) is 33.7 Å². The molecular weight excluding hydrogens is 480 g/mol. The van der Waals surface area contributed by atoms with Gasteiger partial charge in [0.05, 0.1) is 43.1 Å². The molecule has 0 unspecified atom stereocenters. The molecule has 0 saturated heterocycles. The van der Waals surface area contributed by atoms with Crippen LogP contribution in [0, 0.1) is 13.8 Å². The van der Waals surface area contributed by atoms with E-state index in [9.17, 15) is 9.59 Å². The van der Waals surface area contributed by atoms with Crippen molar-refractivity contribution in [3.8, 4) is 11.3 Å². The van der Waals surface area contributed by atoms with Gasteiger partial charge in [0.2, 0.25) is 0 Å². The molecule has 5 rings (SSSR count). The predicted octanol–water partition coefficient (Wildman–Crippen LogP) is 5.45. The first-order chi connectivity index (χ1) is 18.3. The molecule has 0 amide bonds. The molecule has 3 aromatic heterocycles. The molecule has 0 aliphatic carbocycles. The highest BCUT2D eigenvalue weighted by molar-refractivity contribution is 6.06. The summed E-state index contributed by atoms with van der Waals surface area (Å²) in [6, 6.07) is 16.6. The zero-order chi connectivity index (χ0) is 27.0. The van der Waals surface area contributed by atoms with Gasteiger partial charge in [0.25, 0.3) is 0 Å². The number of rotatable bonds is 6. The van der Waals surface area contributed by atoms with E-state index in [4.69, 9.17) is 24.4 Å². The van der Waals surface area contributed by atoms with Gasteiger partial charge in [-0.1, -0.05) is 31.2 Å². The summed E-state index contributed by atoms with van der Waals surface area (Å²) in [5, 5.41) is 0.663. The second-order valence-corrected chi connectivity index (χ2v) is 9.16.